The SMILES string of the molecule is c1ccc(-c2ccc(-c3nc(-c4cccc(-c5cccnc5)c4)nc(-c4cc5ccc6cccc7c8cccc9ccc%10cccc(c(c4)c5c67)c%10c98)n3)cc2)cc1. The van der Waals surface area contributed by atoms with Gasteiger partial charge in [-0.1, -0.05) is 158 Å². The zero-order valence-corrected chi connectivity index (χ0v) is 31.3. The van der Waals surface area contributed by atoms with Gasteiger partial charge in [0, 0.05) is 34.6 Å². The minimum absolute atomic E-state index is 0.613. The molecule has 0 aliphatic carbocycles. The van der Waals surface area contributed by atoms with Gasteiger partial charge in [0.15, 0.2) is 17.5 Å². The number of hydrogen-bond acceptors (Lipinski definition) is 4. The summed E-state index contributed by atoms with van der Waals surface area (Å²) in [6, 6.07) is 65.1. The molecule has 0 atom stereocenters. The predicted molar refractivity (Wildman–Crippen MR) is 241 cm³/mol. The highest BCUT2D eigenvalue weighted by molar-refractivity contribution is 6.37. The molecule has 12 rings (SSSR count). The van der Waals surface area contributed by atoms with Crippen LogP contribution in [-0.4, -0.2) is 19.9 Å². The molecule has 0 spiro atoms. The highest BCUT2D eigenvalue weighted by atomic mass is 15.0. The Morgan fingerprint density at radius 3 is 1.38 bits per heavy atom. The van der Waals surface area contributed by atoms with Crippen LogP contribution in [0.15, 0.2) is 194 Å². The van der Waals surface area contributed by atoms with E-state index in [-0.39, 0.29) is 0 Å². The van der Waals surface area contributed by atoms with Crippen LogP contribution in [-0.2, 0) is 0 Å². The van der Waals surface area contributed by atoms with Crippen molar-refractivity contribution in [2.45, 2.75) is 0 Å². The summed E-state index contributed by atoms with van der Waals surface area (Å²) in [6.45, 7) is 0. The lowest BCUT2D eigenvalue weighted by molar-refractivity contribution is 1.07. The Labute approximate surface area is 334 Å². The summed E-state index contributed by atoms with van der Waals surface area (Å²) in [5, 5.41) is 14.8. The van der Waals surface area contributed by atoms with Gasteiger partial charge in [0.2, 0.25) is 0 Å². The Morgan fingerprint density at radius 1 is 0.259 bits per heavy atom. The predicted octanol–water partition coefficient (Wildman–Crippen LogP) is 14.0. The van der Waals surface area contributed by atoms with Crippen LogP contribution < -0.4 is 0 Å². The topological polar surface area (TPSA) is 51.6 Å². The standard InChI is InChI=1S/C54H32N4/c1-2-9-33(10-3-1)34-20-25-38(26-21-34)52-56-53(41-15-4-14-39(29-41)42-16-8-28-55-32-42)58-54(57-52)43-30-40-27-24-37-12-6-18-45-44-17-5-11-35-22-23-36-13-7-19-46(50(36)48(35)44)47(31-43)51(40)49(37)45/h1-32H. The summed E-state index contributed by atoms with van der Waals surface area (Å²) in [7, 11) is 0. The highest BCUT2D eigenvalue weighted by Crippen LogP contribution is 2.44. The molecule has 12 aromatic rings. The highest BCUT2D eigenvalue weighted by Gasteiger charge is 2.19. The number of fused-ring (bicyclic) bond motifs is 2. The van der Waals surface area contributed by atoms with Crippen LogP contribution in [0.3, 0.4) is 0 Å². The van der Waals surface area contributed by atoms with Crippen molar-refractivity contribution in [3.05, 3.63) is 194 Å². The van der Waals surface area contributed by atoms with Crippen molar-refractivity contribution in [3.8, 4) is 56.4 Å². The largest absolute Gasteiger partial charge is 0.264 e. The number of aromatic nitrogens is 4. The molecule has 58 heavy (non-hydrogen) atoms. The van der Waals surface area contributed by atoms with E-state index in [2.05, 4.69) is 175 Å². The van der Waals surface area contributed by atoms with E-state index >= 15 is 0 Å². The average Bonchev–Trinajstić information content (AvgIpc) is 3.30. The molecule has 0 saturated carbocycles. The van der Waals surface area contributed by atoms with Crippen molar-refractivity contribution >= 4 is 64.6 Å². The van der Waals surface area contributed by atoms with Gasteiger partial charge in [0.05, 0.1) is 0 Å². The van der Waals surface area contributed by atoms with E-state index < -0.39 is 0 Å². The van der Waals surface area contributed by atoms with Gasteiger partial charge in [-0.2, -0.15) is 0 Å². The van der Waals surface area contributed by atoms with Crippen molar-refractivity contribution in [2.24, 2.45) is 0 Å². The van der Waals surface area contributed by atoms with E-state index in [1.54, 1.807) is 6.20 Å². The second-order valence-electron chi connectivity index (χ2n) is 15.0. The molecule has 268 valence electrons. The summed E-state index contributed by atoms with van der Waals surface area (Å²) in [4.78, 5) is 20.1. The molecule has 0 bridgehead atoms. The molecule has 4 nitrogen and oxygen atoms in total. The molecule has 0 unspecified atom stereocenters. The van der Waals surface area contributed by atoms with Crippen molar-refractivity contribution in [1.29, 1.82) is 0 Å². The van der Waals surface area contributed by atoms with Gasteiger partial charge in [-0.05, 0) is 106 Å². The van der Waals surface area contributed by atoms with Crippen LogP contribution in [0.4, 0.5) is 0 Å². The normalized spacial score (nSPS) is 11.8. The molecular formula is C54H32N4. The second kappa shape index (κ2) is 12.9. The molecule has 4 heteroatoms. The third kappa shape index (κ3) is 5.16. The van der Waals surface area contributed by atoms with Crippen molar-refractivity contribution in [1.82, 2.24) is 19.9 Å². The molecule has 10 aromatic carbocycles. The maximum atomic E-state index is 5.29. The monoisotopic (exact) mass is 736 g/mol. The molecule has 0 N–H and O–H groups in total. The van der Waals surface area contributed by atoms with Crippen molar-refractivity contribution < 1.29 is 0 Å². The van der Waals surface area contributed by atoms with Gasteiger partial charge in [-0.15, -0.1) is 0 Å². The Kier molecular flexibility index (Phi) is 7.20. The lowest BCUT2D eigenvalue weighted by Crippen LogP contribution is -2.00. The molecule has 0 amide bonds. The van der Waals surface area contributed by atoms with Crippen LogP contribution in [0.25, 0.3) is 121 Å². The van der Waals surface area contributed by atoms with E-state index in [0.29, 0.717) is 17.5 Å². The first kappa shape index (κ1) is 32.4. The fourth-order valence-electron chi connectivity index (χ4n) is 8.99. The zero-order chi connectivity index (χ0) is 38.2. The number of hydrogen-bond donors (Lipinski definition) is 0. The van der Waals surface area contributed by atoms with Gasteiger partial charge in [0.25, 0.3) is 0 Å². The summed E-state index contributed by atoms with van der Waals surface area (Å²) in [6.07, 6.45) is 3.68. The quantitative estimate of drug-likeness (QED) is 0.165. The summed E-state index contributed by atoms with van der Waals surface area (Å²) in [5.74, 6) is 1.86. The third-order valence-corrected chi connectivity index (χ3v) is 11.7. The van der Waals surface area contributed by atoms with E-state index in [4.69, 9.17) is 15.0 Å². The van der Waals surface area contributed by atoms with Gasteiger partial charge < -0.3 is 0 Å². The van der Waals surface area contributed by atoms with Gasteiger partial charge in [0.1, 0.15) is 0 Å². The Hall–Kier alpha value is -7.82. The molecule has 0 saturated heterocycles. The molecule has 2 aromatic heterocycles. The molecule has 0 aliphatic heterocycles. The van der Waals surface area contributed by atoms with Crippen molar-refractivity contribution in [3.63, 3.8) is 0 Å². The fraction of sp³-hybridized carbons (Fsp3) is 0. The number of pyridine rings is 1. The average molecular weight is 737 g/mol. The van der Waals surface area contributed by atoms with Crippen LogP contribution in [0.2, 0.25) is 0 Å². The molecule has 2 heterocycles. The van der Waals surface area contributed by atoms with E-state index in [1.807, 2.05) is 18.3 Å². The Morgan fingerprint density at radius 2 is 0.741 bits per heavy atom. The van der Waals surface area contributed by atoms with E-state index in [9.17, 15) is 0 Å². The molecule has 0 fully saturated rings. The zero-order valence-electron chi connectivity index (χ0n) is 31.3. The van der Waals surface area contributed by atoms with Gasteiger partial charge in [-0.3, -0.25) is 4.98 Å². The van der Waals surface area contributed by atoms with Crippen LogP contribution in [0, 0.1) is 0 Å². The number of nitrogens with zero attached hydrogens (tertiary/aromatic N) is 4. The van der Waals surface area contributed by atoms with E-state index in [0.717, 1.165) is 38.8 Å². The number of benzene rings is 9. The first-order valence-corrected chi connectivity index (χ1v) is 19.6. The first-order chi connectivity index (χ1) is 28.7. The molecule has 0 radical (unpaired) electrons. The Balaban J connectivity index is 1.15. The van der Waals surface area contributed by atoms with Crippen LogP contribution >= 0.6 is 0 Å². The van der Waals surface area contributed by atoms with Crippen molar-refractivity contribution in [2.75, 3.05) is 0 Å². The second-order valence-corrected chi connectivity index (χ2v) is 15.0. The van der Waals surface area contributed by atoms with Gasteiger partial charge >= 0.3 is 0 Å². The summed E-state index contributed by atoms with van der Waals surface area (Å²) in [5.41, 5.74) is 7.16. The summed E-state index contributed by atoms with van der Waals surface area (Å²) >= 11 is 0. The fourth-order valence-corrected chi connectivity index (χ4v) is 8.99. The maximum Gasteiger partial charge on any atom is 0.164 e. The number of rotatable bonds is 5. The maximum absolute atomic E-state index is 5.29. The lowest BCUT2D eigenvalue weighted by atomic mass is 9.87. The summed E-state index contributed by atoms with van der Waals surface area (Å²) < 4.78 is 0. The molecule has 0 aliphatic rings. The van der Waals surface area contributed by atoms with Crippen LogP contribution in [0.5, 0.6) is 0 Å². The smallest absolute Gasteiger partial charge is 0.164 e. The molecular weight excluding hydrogens is 705 g/mol. The third-order valence-electron chi connectivity index (χ3n) is 11.7. The lowest BCUT2D eigenvalue weighted by Gasteiger charge is -2.17. The Bertz CT molecular complexity index is 3540. The van der Waals surface area contributed by atoms with Gasteiger partial charge in [-0.25, -0.2) is 15.0 Å². The minimum atomic E-state index is 0.613. The minimum Gasteiger partial charge on any atom is -0.264 e. The first-order valence-electron chi connectivity index (χ1n) is 19.6. The van der Waals surface area contributed by atoms with E-state index in [1.165, 1.54) is 64.8 Å². The van der Waals surface area contributed by atoms with Crippen LogP contribution in [0.1, 0.15) is 0 Å².